The fourth-order valence-corrected chi connectivity index (χ4v) is 0.718. The van der Waals surface area contributed by atoms with Crippen molar-refractivity contribution in [1.82, 2.24) is 4.98 Å². The number of hydrogen-bond acceptors (Lipinski definition) is 2. The molecular weight excluding hydrogens is 195 g/mol. The lowest BCUT2D eigenvalue weighted by Crippen LogP contribution is -2.29. The molecule has 0 fully saturated rings. The number of nitrogens with zero attached hydrogens (tertiary/aromatic N) is 1. The van der Waals surface area contributed by atoms with Crippen LogP contribution in [0.1, 0.15) is 13.3 Å². The molecule has 0 aliphatic carbocycles. The van der Waals surface area contributed by atoms with E-state index in [1.54, 1.807) is 0 Å². The molecule has 1 heterocycles. The van der Waals surface area contributed by atoms with Gasteiger partial charge in [0.25, 0.3) is 7.82 Å². The van der Waals surface area contributed by atoms with Crippen LogP contribution in [-0.4, -0.2) is 14.8 Å². The van der Waals surface area contributed by atoms with Crippen molar-refractivity contribution in [3.05, 3.63) is 18.7 Å². The Bertz CT molecular complexity index is 247. The molecule has 0 saturated carbocycles. The predicted octanol–water partition coefficient (Wildman–Crippen LogP) is -0.848. The van der Waals surface area contributed by atoms with Gasteiger partial charge in [0.2, 0.25) is 6.33 Å². The van der Waals surface area contributed by atoms with Gasteiger partial charge in [0.1, 0.15) is 12.4 Å². The third-order valence-electron chi connectivity index (χ3n) is 1.08. The highest BCUT2D eigenvalue weighted by molar-refractivity contribution is 7.43. The molecule has 0 saturated heterocycles. The monoisotopic (exact) mass is 208 g/mol. The maximum atomic E-state index is 8.77. The lowest BCUT2D eigenvalue weighted by Gasteiger charge is -2.01. The van der Waals surface area contributed by atoms with Gasteiger partial charge < -0.3 is 14.7 Å². The first-order chi connectivity index (χ1) is 5.93. The topological polar surface area (TPSA) is 100 Å². The summed E-state index contributed by atoms with van der Waals surface area (Å²) in [6.45, 7) is 3.28. The second-order valence-electron chi connectivity index (χ2n) is 2.34. The van der Waals surface area contributed by atoms with Crippen LogP contribution in [0.2, 0.25) is 0 Å². The summed E-state index contributed by atoms with van der Waals surface area (Å²) in [7, 11) is -4.89. The van der Waals surface area contributed by atoms with Gasteiger partial charge in [-0.15, -0.1) is 0 Å². The normalized spacial score (nSPS) is 10.5. The lowest BCUT2D eigenvalue weighted by molar-refractivity contribution is -0.695. The van der Waals surface area contributed by atoms with Crippen LogP contribution in [0.25, 0.3) is 0 Å². The van der Waals surface area contributed by atoms with Crippen LogP contribution in [0.15, 0.2) is 18.7 Å². The Hall–Kier alpha value is -0.680. The van der Waals surface area contributed by atoms with Crippen LogP contribution in [0.3, 0.4) is 0 Å². The molecule has 1 rings (SSSR count). The molecule has 0 spiro atoms. The Morgan fingerprint density at radius 1 is 1.62 bits per heavy atom. The van der Waals surface area contributed by atoms with Crippen molar-refractivity contribution in [2.45, 2.75) is 19.9 Å². The standard InChI is InChI=1S/C6H10N2.H3O4P/c1-2-4-8-5-3-7-6-8;1-5(2,3)4/h3,5-6H,2,4H2,1H3;(H3,1,2,3,4). The third kappa shape index (κ3) is 11.3. The van der Waals surface area contributed by atoms with E-state index < -0.39 is 7.82 Å². The van der Waals surface area contributed by atoms with Crippen molar-refractivity contribution in [3.63, 3.8) is 0 Å². The highest BCUT2D eigenvalue weighted by Gasteiger charge is 1.89. The molecule has 7 heteroatoms. The van der Waals surface area contributed by atoms with E-state index in [0.717, 1.165) is 6.54 Å². The summed E-state index contributed by atoms with van der Waals surface area (Å²) in [6.07, 6.45) is 7.12. The van der Waals surface area contributed by atoms with E-state index in [2.05, 4.69) is 16.5 Å². The minimum absolute atomic E-state index is 1.11. The summed E-state index contributed by atoms with van der Waals surface area (Å²) >= 11 is 0. The van der Waals surface area contributed by atoms with Crippen molar-refractivity contribution < 1.29 is 23.8 Å². The van der Waals surface area contributed by atoms with Crippen LogP contribution in [0.4, 0.5) is 0 Å². The SMILES string of the molecule is CCC[n+]1cc[nH]c1.O=P([O-])(O)O. The van der Waals surface area contributed by atoms with Crippen LogP contribution in [-0.2, 0) is 11.1 Å². The molecule has 0 bridgehead atoms. The average molecular weight is 208 g/mol. The summed E-state index contributed by atoms with van der Waals surface area (Å²) in [5.41, 5.74) is 0. The van der Waals surface area contributed by atoms with Gasteiger partial charge >= 0.3 is 0 Å². The van der Waals surface area contributed by atoms with Gasteiger partial charge in [-0.05, 0) is 6.42 Å². The second kappa shape index (κ2) is 5.88. The molecule has 76 valence electrons. The van der Waals surface area contributed by atoms with E-state index in [0.29, 0.717) is 0 Å². The number of H-pyrrole nitrogens is 1. The van der Waals surface area contributed by atoms with Crippen molar-refractivity contribution in [2.24, 2.45) is 0 Å². The average Bonchev–Trinajstić information content (AvgIpc) is 2.36. The molecule has 0 aliphatic rings. The Balaban J connectivity index is 0.000000252. The number of hydrogen-bond donors (Lipinski definition) is 3. The van der Waals surface area contributed by atoms with Crippen LogP contribution < -0.4 is 9.46 Å². The van der Waals surface area contributed by atoms with Crippen molar-refractivity contribution in [2.75, 3.05) is 0 Å². The number of phosphoric acid groups is 1. The van der Waals surface area contributed by atoms with E-state index in [1.807, 2.05) is 18.7 Å². The molecule has 1 aromatic heterocycles. The van der Waals surface area contributed by atoms with Gasteiger partial charge in [0, 0.05) is 0 Å². The minimum Gasteiger partial charge on any atom is -0.756 e. The molecule has 0 aliphatic heterocycles. The first-order valence-corrected chi connectivity index (χ1v) is 5.25. The number of aromatic nitrogens is 2. The molecular formula is C6H13N2O4P. The number of imidazole rings is 1. The smallest absolute Gasteiger partial charge is 0.262 e. The maximum absolute atomic E-state index is 8.77. The summed E-state index contributed by atoms with van der Waals surface area (Å²) in [6, 6.07) is 0. The van der Waals surface area contributed by atoms with E-state index in [9.17, 15) is 0 Å². The van der Waals surface area contributed by atoms with Gasteiger partial charge in [0.15, 0.2) is 0 Å². The highest BCUT2D eigenvalue weighted by Crippen LogP contribution is 2.18. The highest BCUT2D eigenvalue weighted by atomic mass is 31.2. The third-order valence-corrected chi connectivity index (χ3v) is 1.08. The zero-order chi connectivity index (χ0) is 10.3. The van der Waals surface area contributed by atoms with Crippen LogP contribution in [0, 0.1) is 0 Å². The first kappa shape index (κ1) is 12.3. The minimum atomic E-state index is -4.89. The van der Waals surface area contributed by atoms with Crippen molar-refractivity contribution in [1.29, 1.82) is 0 Å². The Morgan fingerprint density at radius 3 is 2.46 bits per heavy atom. The zero-order valence-corrected chi connectivity index (χ0v) is 8.15. The molecule has 1 aromatic rings. The Kier molecular flexibility index (Phi) is 5.57. The number of rotatable bonds is 2. The fourth-order valence-electron chi connectivity index (χ4n) is 0.718. The zero-order valence-electron chi connectivity index (χ0n) is 7.25. The number of aryl methyl sites for hydroxylation is 1. The van der Waals surface area contributed by atoms with Gasteiger partial charge in [-0.3, -0.25) is 9.55 Å². The summed E-state index contributed by atoms with van der Waals surface area (Å²) in [5, 5.41) is 0. The quantitative estimate of drug-likeness (QED) is 0.435. The molecule has 0 atom stereocenters. The molecule has 3 N–H and O–H groups in total. The maximum Gasteiger partial charge on any atom is 0.262 e. The first-order valence-electron chi connectivity index (χ1n) is 3.72. The van der Waals surface area contributed by atoms with E-state index in [1.165, 1.54) is 6.42 Å². The number of aromatic amines is 1. The van der Waals surface area contributed by atoms with Crippen molar-refractivity contribution in [3.8, 4) is 0 Å². The lowest BCUT2D eigenvalue weighted by atomic mass is 10.5. The van der Waals surface area contributed by atoms with E-state index in [-0.39, 0.29) is 0 Å². The summed E-state index contributed by atoms with van der Waals surface area (Å²) in [4.78, 5) is 25.9. The Labute approximate surface area is 76.1 Å². The van der Waals surface area contributed by atoms with Gasteiger partial charge in [-0.1, -0.05) is 6.92 Å². The molecule has 13 heavy (non-hydrogen) atoms. The van der Waals surface area contributed by atoms with Crippen molar-refractivity contribution >= 4 is 7.82 Å². The Morgan fingerprint density at radius 2 is 2.15 bits per heavy atom. The summed E-state index contributed by atoms with van der Waals surface area (Å²) in [5.74, 6) is 0. The summed E-state index contributed by atoms with van der Waals surface area (Å²) < 4.78 is 10.9. The predicted molar refractivity (Wildman–Crippen MR) is 43.3 cm³/mol. The second-order valence-corrected chi connectivity index (χ2v) is 3.32. The molecule has 0 aromatic carbocycles. The van der Waals surface area contributed by atoms with Gasteiger partial charge in [0.05, 0.1) is 6.54 Å². The number of nitrogens with one attached hydrogen (secondary N) is 1. The fraction of sp³-hybridized carbons (Fsp3) is 0.500. The molecule has 0 radical (unpaired) electrons. The van der Waals surface area contributed by atoms with E-state index in [4.69, 9.17) is 19.2 Å². The van der Waals surface area contributed by atoms with Crippen LogP contribution in [0.5, 0.6) is 0 Å². The molecule has 0 amide bonds. The molecule has 6 nitrogen and oxygen atoms in total. The largest absolute Gasteiger partial charge is 0.756 e. The van der Waals surface area contributed by atoms with Gasteiger partial charge in [-0.2, -0.15) is 0 Å². The molecule has 0 unspecified atom stereocenters. The van der Waals surface area contributed by atoms with E-state index >= 15 is 0 Å². The van der Waals surface area contributed by atoms with Crippen LogP contribution >= 0.6 is 7.82 Å². The van der Waals surface area contributed by atoms with Gasteiger partial charge in [-0.25, -0.2) is 4.57 Å².